The molecular formula is C14H14BF3NO2-. The number of aromatic nitrogens is 1. The Morgan fingerprint density at radius 1 is 1.14 bits per heavy atom. The van der Waals surface area contributed by atoms with E-state index in [0.29, 0.717) is 5.56 Å². The summed E-state index contributed by atoms with van der Waals surface area (Å²) in [5.74, 6) is -0.0569. The second kappa shape index (κ2) is 6.07. The van der Waals surface area contributed by atoms with Gasteiger partial charge in [0.15, 0.2) is 0 Å². The highest BCUT2D eigenvalue weighted by Crippen LogP contribution is 2.23. The Hall–Kier alpha value is -2.18. The molecule has 7 heteroatoms. The van der Waals surface area contributed by atoms with E-state index < -0.39 is 12.4 Å². The zero-order chi connectivity index (χ0) is 15.5. The zero-order valence-electron chi connectivity index (χ0n) is 11.6. The van der Waals surface area contributed by atoms with E-state index in [1.54, 1.807) is 12.4 Å². The molecule has 2 rings (SSSR count). The molecule has 1 heterocycles. The fourth-order valence-corrected chi connectivity index (χ4v) is 1.90. The van der Waals surface area contributed by atoms with Crippen molar-refractivity contribution in [3.8, 4) is 11.5 Å². The number of nitrogens with zero attached hydrogens (tertiary/aromatic N) is 1. The van der Waals surface area contributed by atoms with Crippen LogP contribution >= 0.6 is 0 Å². The Labute approximate surface area is 120 Å². The smallest absolute Gasteiger partial charge is 0.497 e. The van der Waals surface area contributed by atoms with Crippen LogP contribution in [-0.4, -0.2) is 19.1 Å². The van der Waals surface area contributed by atoms with Gasteiger partial charge in [-0.15, -0.1) is 0 Å². The van der Waals surface area contributed by atoms with Crippen LogP contribution in [0, 0.1) is 6.92 Å². The summed E-state index contributed by atoms with van der Waals surface area (Å²) in [6.45, 7) is -3.29. The fourth-order valence-electron chi connectivity index (χ4n) is 1.90. The normalized spacial score (nSPS) is 11.3. The number of benzene rings is 1. The minimum absolute atomic E-state index is 0.0279. The summed E-state index contributed by atoms with van der Waals surface area (Å²) in [5, 5.41) is 0. The van der Waals surface area contributed by atoms with Gasteiger partial charge in [0.2, 0.25) is 0 Å². The lowest BCUT2D eigenvalue weighted by atomic mass is 9.79. The van der Waals surface area contributed by atoms with Gasteiger partial charge < -0.3 is 22.4 Å². The largest absolute Gasteiger partial charge is 0.513 e. The first kappa shape index (κ1) is 15.2. The van der Waals surface area contributed by atoms with Gasteiger partial charge in [0.05, 0.1) is 12.9 Å². The number of halogens is 3. The standard InChI is InChI=1S/C14H14BF3NO2/c1-10-5-11(8-19-7-10)9-21-14-4-3-12(20-2)6-13(14)15(16,17)18/h3-8H,9H2,1-2H3/q-1. The molecule has 0 aliphatic rings. The van der Waals surface area contributed by atoms with Crippen molar-refractivity contribution in [2.24, 2.45) is 0 Å². The van der Waals surface area contributed by atoms with Crippen molar-refractivity contribution in [3.63, 3.8) is 0 Å². The Morgan fingerprint density at radius 3 is 2.52 bits per heavy atom. The van der Waals surface area contributed by atoms with Gasteiger partial charge in [-0.2, -0.15) is 0 Å². The number of aryl methyl sites for hydroxylation is 1. The van der Waals surface area contributed by atoms with E-state index in [-0.39, 0.29) is 18.1 Å². The highest BCUT2D eigenvalue weighted by Gasteiger charge is 2.30. The minimum atomic E-state index is -5.18. The van der Waals surface area contributed by atoms with Crippen LogP contribution in [0.3, 0.4) is 0 Å². The minimum Gasteiger partial charge on any atom is -0.497 e. The quantitative estimate of drug-likeness (QED) is 0.795. The Balaban J connectivity index is 2.23. The monoisotopic (exact) mass is 296 g/mol. The van der Waals surface area contributed by atoms with E-state index in [1.165, 1.54) is 19.2 Å². The SMILES string of the molecule is COc1ccc(OCc2cncc(C)c2)c([B-](F)(F)F)c1. The van der Waals surface area contributed by atoms with E-state index >= 15 is 0 Å². The molecule has 0 atom stereocenters. The molecular weight excluding hydrogens is 282 g/mol. The number of pyridine rings is 1. The molecule has 21 heavy (non-hydrogen) atoms. The third kappa shape index (κ3) is 3.90. The van der Waals surface area contributed by atoms with Gasteiger partial charge in [0.25, 0.3) is 0 Å². The lowest BCUT2D eigenvalue weighted by Crippen LogP contribution is -2.35. The first-order valence-electron chi connectivity index (χ1n) is 6.31. The van der Waals surface area contributed by atoms with Crippen LogP contribution in [-0.2, 0) is 6.61 Å². The third-order valence-electron chi connectivity index (χ3n) is 2.90. The molecule has 0 N–H and O–H groups in total. The van der Waals surface area contributed by atoms with Crippen molar-refractivity contribution in [1.82, 2.24) is 4.98 Å². The Bertz CT molecular complexity index is 632. The van der Waals surface area contributed by atoms with Gasteiger partial charge >= 0.3 is 6.98 Å². The maximum atomic E-state index is 13.1. The molecule has 0 spiro atoms. The highest BCUT2D eigenvalue weighted by atomic mass is 19.4. The second-order valence-corrected chi connectivity index (χ2v) is 4.64. The van der Waals surface area contributed by atoms with E-state index in [1.807, 2.05) is 13.0 Å². The van der Waals surface area contributed by atoms with E-state index in [4.69, 9.17) is 9.47 Å². The number of methoxy groups -OCH3 is 1. The maximum absolute atomic E-state index is 13.1. The van der Waals surface area contributed by atoms with Crippen LogP contribution in [0.4, 0.5) is 12.9 Å². The van der Waals surface area contributed by atoms with Crippen molar-refractivity contribution in [1.29, 1.82) is 0 Å². The number of ether oxygens (including phenoxy) is 2. The van der Waals surface area contributed by atoms with Crippen LogP contribution in [0.5, 0.6) is 11.5 Å². The second-order valence-electron chi connectivity index (χ2n) is 4.64. The summed E-state index contributed by atoms with van der Waals surface area (Å²) in [6, 6.07) is 5.47. The number of rotatable bonds is 5. The zero-order valence-corrected chi connectivity index (χ0v) is 11.6. The van der Waals surface area contributed by atoms with Crippen molar-refractivity contribution in [3.05, 3.63) is 47.8 Å². The van der Waals surface area contributed by atoms with Crippen LogP contribution in [0.15, 0.2) is 36.7 Å². The molecule has 0 saturated carbocycles. The molecule has 0 amide bonds. The Morgan fingerprint density at radius 2 is 1.90 bits per heavy atom. The summed E-state index contributed by atoms with van der Waals surface area (Å²) in [4.78, 5) is 3.98. The third-order valence-corrected chi connectivity index (χ3v) is 2.90. The number of hydrogen-bond acceptors (Lipinski definition) is 3. The van der Waals surface area contributed by atoms with Crippen molar-refractivity contribution < 1.29 is 22.4 Å². The summed E-state index contributed by atoms with van der Waals surface area (Å²) in [7, 11) is 1.32. The molecule has 0 fully saturated rings. The maximum Gasteiger partial charge on any atom is 0.513 e. The molecule has 1 aromatic carbocycles. The predicted octanol–water partition coefficient (Wildman–Crippen LogP) is 3.03. The first-order chi connectivity index (χ1) is 9.90. The van der Waals surface area contributed by atoms with Crippen LogP contribution in [0.25, 0.3) is 0 Å². The van der Waals surface area contributed by atoms with Crippen LogP contribution < -0.4 is 14.9 Å². The predicted molar refractivity (Wildman–Crippen MR) is 75.0 cm³/mol. The molecule has 2 aromatic rings. The average molecular weight is 296 g/mol. The highest BCUT2D eigenvalue weighted by molar-refractivity contribution is 6.74. The molecule has 0 unspecified atom stereocenters. The molecule has 0 bridgehead atoms. The average Bonchev–Trinajstić information content (AvgIpc) is 2.44. The van der Waals surface area contributed by atoms with Crippen LogP contribution in [0.1, 0.15) is 11.1 Å². The van der Waals surface area contributed by atoms with E-state index in [2.05, 4.69) is 4.98 Å². The van der Waals surface area contributed by atoms with E-state index in [9.17, 15) is 12.9 Å². The molecule has 0 aliphatic heterocycles. The summed E-state index contributed by atoms with van der Waals surface area (Å²) < 4.78 is 49.3. The molecule has 0 saturated heterocycles. The molecule has 0 aliphatic carbocycles. The topological polar surface area (TPSA) is 31.4 Å². The van der Waals surface area contributed by atoms with Gasteiger partial charge in [0, 0.05) is 18.0 Å². The van der Waals surface area contributed by atoms with Crippen molar-refractivity contribution in [2.75, 3.05) is 7.11 Å². The Kier molecular flexibility index (Phi) is 4.40. The summed E-state index contributed by atoms with van der Waals surface area (Å²) in [5.41, 5.74) is 0.840. The van der Waals surface area contributed by atoms with Crippen LogP contribution in [0.2, 0.25) is 0 Å². The summed E-state index contributed by atoms with van der Waals surface area (Å²) >= 11 is 0. The van der Waals surface area contributed by atoms with Gasteiger partial charge in [-0.3, -0.25) is 4.98 Å². The molecule has 112 valence electrons. The van der Waals surface area contributed by atoms with E-state index in [0.717, 1.165) is 11.6 Å². The van der Waals surface area contributed by atoms with Crippen molar-refractivity contribution in [2.45, 2.75) is 13.5 Å². The molecule has 3 nitrogen and oxygen atoms in total. The van der Waals surface area contributed by atoms with Gasteiger partial charge in [-0.25, -0.2) is 0 Å². The molecule has 0 radical (unpaired) electrons. The van der Waals surface area contributed by atoms with Gasteiger partial charge in [-0.1, -0.05) is 5.46 Å². The summed E-state index contributed by atoms with van der Waals surface area (Å²) in [6.07, 6.45) is 3.23. The lowest BCUT2D eigenvalue weighted by molar-refractivity contribution is 0.305. The number of hydrogen-bond donors (Lipinski definition) is 0. The van der Waals surface area contributed by atoms with Gasteiger partial charge in [0.1, 0.15) is 12.4 Å². The van der Waals surface area contributed by atoms with Crippen molar-refractivity contribution >= 4 is 12.4 Å². The molecule has 1 aromatic heterocycles. The fraction of sp³-hybridized carbons (Fsp3) is 0.214. The lowest BCUT2D eigenvalue weighted by Gasteiger charge is -2.20. The van der Waals surface area contributed by atoms with Gasteiger partial charge in [-0.05, 0) is 36.8 Å². The first-order valence-corrected chi connectivity index (χ1v) is 6.31.